The summed E-state index contributed by atoms with van der Waals surface area (Å²) in [7, 11) is -3.35. The summed E-state index contributed by atoms with van der Waals surface area (Å²) in [6.07, 6.45) is 5.19. The molecule has 1 saturated heterocycles. The Morgan fingerprint density at radius 1 is 0.886 bits per heavy atom. The van der Waals surface area contributed by atoms with Crippen molar-refractivity contribution in [2.45, 2.75) is 62.9 Å². The Bertz CT molecular complexity index is 1480. The van der Waals surface area contributed by atoms with Gasteiger partial charge in [-0.1, -0.05) is 26.7 Å². The van der Waals surface area contributed by atoms with Gasteiger partial charge in [-0.2, -0.15) is 0 Å². The Balaban J connectivity index is 1.50. The lowest BCUT2D eigenvalue weighted by atomic mass is 9.81. The van der Waals surface area contributed by atoms with Crippen LogP contribution in [0.15, 0.2) is 71.6 Å². The Kier molecular flexibility index (Phi) is 11.3. The number of carbonyl (C=O) groups is 1. The van der Waals surface area contributed by atoms with E-state index in [1.807, 2.05) is 0 Å². The van der Waals surface area contributed by atoms with E-state index in [-0.39, 0.29) is 23.8 Å². The Morgan fingerprint density at radius 3 is 1.91 bits per heavy atom. The third-order valence-corrected chi connectivity index (χ3v) is 9.19. The first kappa shape index (κ1) is 33.3. The maximum Gasteiger partial charge on any atom is 0.226 e. The Labute approximate surface area is 259 Å². The van der Waals surface area contributed by atoms with Crippen molar-refractivity contribution in [2.75, 3.05) is 32.6 Å². The second kappa shape index (κ2) is 14.9. The third kappa shape index (κ3) is 9.43. The molecule has 0 aliphatic carbocycles. The third-order valence-electron chi connectivity index (χ3n) is 8.06. The van der Waals surface area contributed by atoms with Gasteiger partial charge in [-0.3, -0.25) is 4.79 Å². The van der Waals surface area contributed by atoms with Crippen LogP contribution in [0.2, 0.25) is 0 Å². The van der Waals surface area contributed by atoms with Crippen molar-refractivity contribution in [1.82, 2.24) is 4.90 Å². The molecule has 10 heteroatoms. The highest BCUT2D eigenvalue weighted by atomic mass is 32.2. The summed E-state index contributed by atoms with van der Waals surface area (Å²) in [4.78, 5) is 15.4. The molecule has 1 aliphatic heterocycles. The highest BCUT2D eigenvalue weighted by Gasteiger charge is 2.35. The van der Waals surface area contributed by atoms with E-state index in [9.17, 15) is 22.7 Å². The maximum atomic E-state index is 13.4. The summed E-state index contributed by atoms with van der Waals surface area (Å²) in [5.74, 6) is 2.73. The number of aliphatic hydroxyl groups is 1. The number of alkyl halides is 1. The predicted octanol–water partition coefficient (Wildman–Crippen LogP) is 6.75. The first-order valence-corrected chi connectivity index (χ1v) is 17.0. The van der Waals surface area contributed by atoms with Crippen LogP contribution in [0.4, 0.5) is 4.39 Å². The van der Waals surface area contributed by atoms with Gasteiger partial charge < -0.3 is 24.2 Å². The summed E-state index contributed by atoms with van der Waals surface area (Å²) in [6, 6.07) is 18.1. The molecule has 0 spiro atoms. The van der Waals surface area contributed by atoms with Crippen LogP contribution in [0.5, 0.6) is 28.7 Å². The average Bonchev–Trinajstić information content (AvgIpc) is 2.99. The largest absolute Gasteiger partial charge is 0.491 e. The fourth-order valence-electron chi connectivity index (χ4n) is 5.42. The molecule has 0 aromatic heterocycles. The normalized spacial score (nSPS) is 14.8. The highest BCUT2D eigenvalue weighted by Crippen LogP contribution is 2.34. The molecule has 1 heterocycles. The van der Waals surface area contributed by atoms with E-state index in [0.717, 1.165) is 25.5 Å². The molecule has 1 fully saturated rings. The van der Waals surface area contributed by atoms with Crippen molar-refractivity contribution in [3.05, 3.63) is 72.3 Å². The zero-order valence-electron chi connectivity index (χ0n) is 25.6. The van der Waals surface area contributed by atoms with E-state index < -0.39 is 22.1 Å². The minimum absolute atomic E-state index is 0.0313. The number of rotatable bonds is 14. The molecule has 0 atom stereocenters. The van der Waals surface area contributed by atoms with E-state index in [1.54, 1.807) is 59.5 Å². The molecule has 0 saturated carbocycles. The molecule has 0 unspecified atom stereocenters. The van der Waals surface area contributed by atoms with E-state index >= 15 is 0 Å². The van der Waals surface area contributed by atoms with Crippen LogP contribution in [0, 0.1) is 5.92 Å². The number of hydrogen-bond acceptors (Lipinski definition) is 7. The zero-order chi connectivity index (χ0) is 31.7. The van der Waals surface area contributed by atoms with Crippen LogP contribution in [0.25, 0.3) is 0 Å². The van der Waals surface area contributed by atoms with Gasteiger partial charge in [-0.05, 0) is 91.4 Å². The van der Waals surface area contributed by atoms with E-state index in [4.69, 9.17) is 14.2 Å². The van der Waals surface area contributed by atoms with Crippen molar-refractivity contribution in [3.8, 4) is 28.7 Å². The number of benzene rings is 3. The van der Waals surface area contributed by atoms with Crippen molar-refractivity contribution in [3.63, 3.8) is 0 Å². The first-order chi connectivity index (χ1) is 21.0. The van der Waals surface area contributed by atoms with Crippen molar-refractivity contribution >= 4 is 15.7 Å². The minimum atomic E-state index is -3.35. The van der Waals surface area contributed by atoms with E-state index in [2.05, 4.69) is 13.8 Å². The van der Waals surface area contributed by atoms with Gasteiger partial charge in [-0.25, -0.2) is 12.8 Å². The molecule has 1 N–H and O–H groups in total. The molecule has 1 aliphatic rings. The van der Waals surface area contributed by atoms with Gasteiger partial charge >= 0.3 is 0 Å². The molecule has 1 amide bonds. The van der Waals surface area contributed by atoms with Crippen molar-refractivity contribution in [2.24, 2.45) is 5.92 Å². The molecule has 4 rings (SSSR count). The zero-order valence-corrected chi connectivity index (χ0v) is 26.4. The molecule has 0 bridgehead atoms. The van der Waals surface area contributed by atoms with Gasteiger partial charge in [0.2, 0.25) is 5.91 Å². The monoisotopic (exact) mass is 627 g/mol. The van der Waals surface area contributed by atoms with Crippen molar-refractivity contribution < 1.29 is 36.9 Å². The van der Waals surface area contributed by atoms with Gasteiger partial charge in [0.15, 0.2) is 9.84 Å². The Morgan fingerprint density at radius 2 is 1.41 bits per heavy atom. The number of hydrogen-bond donors (Lipinski definition) is 1. The van der Waals surface area contributed by atoms with E-state index in [1.165, 1.54) is 12.1 Å². The number of amides is 1. The second-order valence-electron chi connectivity index (χ2n) is 11.4. The van der Waals surface area contributed by atoms with Crippen LogP contribution in [0.1, 0.15) is 51.5 Å². The summed E-state index contributed by atoms with van der Waals surface area (Å²) in [5.41, 5.74) is -0.0579. The molecular weight excluding hydrogens is 585 g/mol. The lowest BCUT2D eigenvalue weighted by molar-refractivity contribution is -0.135. The number of nitrogens with zero attached hydrogens (tertiary/aromatic N) is 1. The SMILES string of the molecule is CCC(CC)CC1(O)CCN(C(=O)Cc2cc(Oc3ccc(OCCF)cc3)cc(Oc3ccc(S(C)(=O)=O)cc3)c2)CC1. The van der Waals surface area contributed by atoms with E-state index in [0.29, 0.717) is 66.2 Å². The maximum absolute atomic E-state index is 13.4. The summed E-state index contributed by atoms with van der Waals surface area (Å²) in [6.45, 7) is 4.68. The second-order valence-corrected chi connectivity index (χ2v) is 13.5. The van der Waals surface area contributed by atoms with Gasteiger partial charge in [0.1, 0.15) is 42.0 Å². The number of sulfone groups is 1. The van der Waals surface area contributed by atoms with Crippen molar-refractivity contribution in [1.29, 1.82) is 0 Å². The number of ether oxygens (including phenoxy) is 3. The number of halogens is 1. The van der Waals surface area contributed by atoms with Gasteiger partial charge in [0, 0.05) is 25.4 Å². The lowest BCUT2D eigenvalue weighted by Gasteiger charge is -2.40. The van der Waals surface area contributed by atoms with Crippen LogP contribution < -0.4 is 14.2 Å². The fraction of sp³-hybridized carbons (Fsp3) is 0.441. The van der Waals surface area contributed by atoms with Crippen LogP contribution >= 0.6 is 0 Å². The van der Waals surface area contributed by atoms with Crippen LogP contribution in [-0.2, 0) is 21.1 Å². The van der Waals surface area contributed by atoms with Gasteiger partial charge in [0.25, 0.3) is 0 Å². The standard InChI is InChI=1S/C34H42FNO7S/c1-4-25(5-2)24-34(38)14-17-36(18-15-34)33(37)22-26-20-30(42-28-8-6-27(7-9-28)41-19-16-35)23-31(21-26)43-29-10-12-32(13-11-29)44(3,39)40/h6-13,20-21,23,25,38H,4-5,14-19,22,24H2,1-3H3. The predicted molar refractivity (Wildman–Crippen MR) is 167 cm³/mol. The molecular formula is C34H42FNO7S. The number of likely N-dealkylation sites (tertiary alicyclic amines) is 1. The van der Waals surface area contributed by atoms with Gasteiger partial charge in [0.05, 0.1) is 16.9 Å². The summed E-state index contributed by atoms with van der Waals surface area (Å²) >= 11 is 0. The topological polar surface area (TPSA) is 102 Å². The molecule has 8 nitrogen and oxygen atoms in total. The van der Waals surface area contributed by atoms with Crippen LogP contribution in [0.3, 0.4) is 0 Å². The number of carbonyl (C=O) groups excluding carboxylic acids is 1. The summed E-state index contributed by atoms with van der Waals surface area (Å²) < 4.78 is 53.6. The molecule has 238 valence electrons. The molecule has 44 heavy (non-hydrogen) atoms. The molecule has 3 aromatic rings. The van der Waals surface area contributed by atoms with Crippen LogP contribution in [-0.4, -0.2) is 62.6 Å². The quantitative estimate of drug-likeness (QED) is 0.211. The molecule has 0 radical (unpaired) electrons. The smallest absolute Gasteiger partial charge is 0.226 e. The van der Waals surface area contributed by atoms with Gasteiger partial charge in [-0.15, -0.1) is 0 Å². The number of piperidine rings is 1. The average molecular weight is 628 g/mol. The Hall–Kier alpha value is -3.63. The fourth-order valence-corrected chi connectivity index (χ4v) is 6.05. The highest BCUT2D eigenvalue weighted by molar-refractivity contribution is 7.90. The minimum Gasteiger partial charge on any atom is -0.491 e. The summed E-state index contributed by atoms with van der Waals surface area (Å²) in [5, 5.41) is 11.1. The first-order valence-electron chi connectivity index (χ1n) is 15.1. The lowest BCUT2D eigenvalue weighted by Crippen LogP contribution is -2.47. The molecule has 3 aromatic carbocycles.